The molecule has 47 heteroatoms. The fourth-order valence-corrected chi connectivity index (χ4v) is 21.5. The maximum absolute atomic E-state index is 13.0. The van der Waals surface area contributed by atoms with Gasteiger partial charge in [0.15, 0.2) is 30.9 Å². The molecule has 0 radical (unpaired) electrons. The molecule has 3 unspecified atom stereocenters. The molecule has 0 bridgehead atoms. The number of hydrogen-bond donors (Lipinski definition) is 0. The van der Waals surface area contributed by atoms with Crippen LogP contribution in [0.2, 0.25) is 30.9 Å². The Balaban J connectivity index is 0.000000219. The zero-order chi connectivity index (χ0) is 109. The minimum absolute atomic E-state index is 0.00193. The number of pyridine rings is 6. The van der Waals surface area contributed by atoms with E-state index in [4.69, 9.17) is 86.0 Å². The summed E-state index contributed by atoms with van der Waals surface area (Å²) < 4.78 is 14.6. The summed E-state index contributed by atoms with van der Waals surface area (Å²) in [7, 11) is 0. The molecule has 13 rings (SSSR count). The maximum atomic E-state index is 13.0. The lowest BCUT2D eigenvalue weighted by atomic mass is 10.3. The Morgan fingerprint density at radius 3 is 0.967 bits per heavy atom. The summed E-state index contributed by atoms with van der Waals surface area (Å²) in [5.41, 5.74) is 9.36. The SMILES string of the molecule is C#CC(C)SC(C)C(=O)N(CC)c1cn(-c2cccnc2)nc1Cl.CCC(CC)SCCC(=O)N(CC)c1cn(-c2cccnc2)nc1Cl.CCCSCCC(=O)N(CC)c1cn(-c2cccnc2)nc1Cl.CCN(C(=O)C(C)SCc1csc(C)n1)c1cn(-c2cccnc2)nc1Cl.CCN(C(=O)CCSCCC#N)c1cn(-c2cccnc2)nc1Cl.CCOC(=O)CCSCCC(=O)N(CC)c1cn(-c2cccnc2)nc1Cl. The lowest BCUT2D eigenvalue weighted by Gasteiger charge is -2.23. The predicted octanol–water partition coefficient (Wildman–Crippen LogP) is 22.8. The summed E-state index contributed by atoms with van der Waals surface area (Å²) >= 11 is 49.1. The third-order valence-electron chi connectivity index (χ3n) is 21.7. The highest BCUT2D eigenvalue weighted by molar-refractivity contribution is 8.01. The molecule has 0 aliphatic heterocycles. The molecule has 34 nitrogen and oxygen atoms in total. The van der Waals surface area contributed by atoms with E-state index in [1.165, 1.54) is 11.8 Å². The third kappa shape index (κ3) is 39.0. The average molecular weight is 2290 g/mol. The second kappa shape index (κ2) is 67.4. The van der Waals surface area contributed by atoms with Crippen molar-refractivity contribution in [2.24, 2.45) is 0 Å². The molecular weight excluding hydrogens is 2170 g/mol. The van der Waals surface area contributed by atoms with Crippen molar-refractivity contribution in [1.29, 1.82) is 5.26 Å². The number of nitriles is 1. The van der Waals surface area contributed by atoms with Gasteiger partial charge in [0.2, 0.25) is 35.4 Å². The number of carbonyl (C=O) groups excluding carboxylic acids is 7. The number of carbonyl (C=O) groups is 7. The number of ether oxygens (including phenoxy) is 1. The summed E-state index contributed by atoms with van der Waals surface area (Å²) in [5.74, 6) is 8.63. The van der Waals surface area contributed by atoms with Gasteiger partial charge < -0.3 is 34.1 Å². The van der Waals surface area contributed by atoms with E-state index < -0.39 is 0 Å². The topological polar surface area (TPSA) is 369 Å². The number of anilines is 6. The number of thiazole rings is 1. The van der Waals surface area contributed by atoms with Gasteiger partial charge in [-0.1, -0.05) is 96.3 Å². The Bertz CT molecular complexity index is 6380. The molecule has 13 heterocycles. The smallest absolute Gasteiger partial charge is 0.306 e. The van der Waals surface area contributed by atoms with E-state index in [2.05, 4.69) is 98.2 Å². The first-order chi connectivity index (χ1) is 72.5. The molecule has 0 saturated carbocycles. The number of terminal acetylenes is 1. The van der Waals surface area contributed by atoms with Crippen molar-refractivity contribution in [2.75, 3.05) is 116 Å². The summed E-state index contributed by atoms with van der Waals surface area (Å²) in [6.07, 6.45) is 42.2. The number of rotatable bonds is 48. The van der Waals surface area contributed by atoms with E-state index >= 15 is 0 Å². The van der Waals surface area contributed by atoms with Crippen LogP contribution in [-0.2, 0) is 44.1 Å². The fourth-order valence-electron chi connectivity index (χ4n) is 14.1. The third-order valence-corrected chi connectivity index (χ3v) is 31.2. The van der Waals surface area contributed by atoms with Gasteiger partial charge in [0.05, 0.1) is 154 Å². The minimum Gasteiger partial charge on any atom is -0.466 e. The Hall–Kier alpha value is -11.0. The van der Waals surface area contributed by atoms with Crippen LogP contribution in [0.15, 0.2) is 190 Å². The first kappa shape index (κ1) is 124. The molecule has 13 aromatic heterocycles. The van der Waals surface area contributed by atoms with Crippen molar-refractivity contribution < 1.29 is 38.3 Å². The molecule has 0 aliphatic rings. The largest absolute Gasteiger partial charge is 0.466 e. The number of aromatic nitrogens is 19. The van der Waals surface area contributed by atoms with E-state index in [9.17, 15) is 33.6 Å². The summed E-state index contributed by atoms with van der Waals surface area (Å²) in [5, 5.41) is 39.2. The van der Waals surface area contributed by atoms with Crippen LogP contribution in [0.4, 0.5) is 34.1 Å². The molecule has 0 aliphatic carbocycles. The normalized spacial score (nSPS) is 11.4. The Morgan fingerprint density at radius 1 is 0.407 bits per heavy atom. The van der Waals surface area contributed by atoms with E-state index in [0.29, 0.717) is 162 Å². The van der Waals surface area contributed by atoms with Crippen molar-refractivity contribution in [3.05, 3.63) is 231 Å². The molecule has 0 aromatic carbocycles. The molecular formula is C103H126Cl6N26O8S7. The number of aryl methyl sites for hydroxylation is 1. The summed E-state index contributed by atoms with van der Waals surface area (Å²) in [4.78, 5) is 126. The van der Waals surface area contributed by atoms with Gasteiger partial charge in [-0.05, 0) is 174 Å². The van der Waals surface area contributed by atoms with Gasteiger partial charge in [-0.15, -0.1) is 41.3 Å². The van der Waals surface area contributed by atoms with Crippen LogP contribution in [-0.4, -0.2) is 242 Å². The van der Waals surface area contributed by atoms with Crippen LogP contribution in [0.5, 0.6) is 0 Å². The fraction of sp³-hybridized carbons (Fsp3) is 0.408. The van der Waals surface area contributed by atoms with Crippen LogP contribution < -0.4 is 29.4 Å². The Kier molecular flexibility index (Phi) is 55.8. The zero-order valence-electron chi connectivity index (χ0n) is 86.3. The van der Waals surface area contributed by atoms with E-state index in [1.54, 1.807) is 240 Å². The number of halogens is 6. The molecule has 6 amide bonds. The number of hydrogen-bond acceptors (Lipinski definition) is 29. The van der Waals surface area contributed by atoms with Crippen LogP contribution in [0, 0.1) is 30.6 Å². The second-order valence-corrected chi connectivity index (χ2v) is 43.3. The molecule has 0 spiro atoms. The van der Waals surface area contributed by atoms with Crippen LogP contribution >= 0.6 is 152 Å². The molecule has 0 fully saturated rings. The number of nitrogens with zero attached hydrogens (tertiary/aromatic N) is 26. The lowest BCUT2D eigenvalue weighted by Crippen LogP contribution is -2.37. The van der Waals surface area contributed by atoms with E-state index in [0.717, 1.165) is 87.1 Å². The van der Waals surface area contributed by atoms with Gasteiger partial charge in [0.25, 0.3) is 0 Å². The Labute approximate surface area is 937 Å². The van der Waals surface area contributed by atoms with Crippen molar-refractivity contribution in [3.63, 3.8) is 0 Å². The molecule has 800 valence electrons. The van der Waals surface area contributed by atoms with Crippen molar-refractivity contribution in [2.45, 2.75) is 181 Å². The molecule has 13 aromatic rings. The van der Waals surface area contributed by atoms with Gasteiger partial charge in [-0.3, -0.25) is 63.5 Å². The second-order valence-electron chi connectivity index (χ2n) is 32.0. The van der Waals surface area contributed by atoms with Crippen molar-refractivity contribution in [1.82, 2.24) is 93.6 Å². The number of thioether (sulfide) groups is 6. The molecule has 0 saturated heterocycles. The van der Waals surface area contributed by atoms with Crippen LogP contribution in [0.3, 0.4) is 0 Å². The zero-order valence-corrected chi connectivity index (χ0v) is 96.5. The van der Waals surface area contributed by atoms with Gasteiger partial charge in [-0.25, -0.2) is 33.1 Å². The highest BCUT2D eigenvalue weighted by atomic mass is 35.5. The van der Waals surface area contributed by atoms with E-state index in [1.807, 2.05) is 153 Å². The van der Waals surface area contributed by atoms with E-state index in [-0.39, 0.29) is 72.6 Å². The average Bonchev–Trinajstić information content (AvgIpc) is 1.71. The monoisotopic (exact) mass is 2290 g/mol. The summed E-state index contributed by atoms with van der Waals surface area (Å²) in [6.45, 7) is 31.0. The van der Waals surface area contributed by atoms with Gasteiger partial charge in [-0.2, -0.15) is 82.9 Å². The summed E-state index contributed by atoms with van der Waals surface area (Å²) in [6, 6.07) is 24.3. The standard InChI is InChI=1S/C18H20ClN5OS2.C18H23ClN4O3S.C18H25ClN4OS.C17H19ClN4OS.C16H18ClN5OS.C16H21ClN4OS/c1-4-23(18(25)12(2)26-10-14-11-27-13(3)21-14)16-9-24(22-17(16)19)15-6-5-7-20-8-15;1-3-22(16(24)7-10-27-11-8-17(25)26-4-2)15-13-23(21-18(15)19)14-6-5-9-20-12-14;1-4-15(5-2)25-11-9-17(24)22(6-3)16-13-23(21-18(16)19)14-8-7-10-20-12-14;1-5-12(3)24-13(4)17(23)21(6-2)15-11-22(20-16(15)18)14-8-7-9-19-10-14;1-2-21(15(23)6-10-24-9-4-7-18)14-12-22(20-16(14)17)13-5-3-8-19-11-13;1-3-9-23-10-7-15(22)20(4-2)14-12-21(19-16(14)17)13-6-5-8-18-11-13/h5-9,11-12H,4,10H2,1-3H3;5-6,9,12-13H,3-4,7-8,10-11H2,1-2H3;7-8,10,12-13,15H,4-6,9,11H2,1-3H3;1,7-13H,6H2,2-4H3;3,5,8,11-12H,2,4,6,9-10H2,1H3;5-6,8,11-12H,3-4,7,9-10H2,1-2H3. The first-order valence-corrected chi connectivity index (χ1v) is 58.4. The van der Waals surface area contributed by atoms with Gasteiger partial charge in [0, 0.05) is 159 Å². The minimum atomic E-state index is -0.270. The first-order valence-electron chi connectivity index (χ1n) is 48.8. The maximum Gasteiger partial charge on any atom is 0.306 e. The number of esters is 1. The van der Waals surface area contributed by atoms with Crippen molar-refractivity contribution in [3.8, 4) is 52.5 Å². The van der Waals surface area contributed by atoms with Crippen LogP contribution in [0.25, 0.3) is 34.1 Å². The lowest BCUT2D eigenvalue weighted by molar-refractivity contribution is -0.142. The highest BCUT2D eigenvalue weighted by Gasteiger charge is 2.31. The number of amides is 6. The highest BCUT2D eigenvalue weighted by Crippen LogP contribution is 2.36. The molecule has 150 heavy (non-hydrogen) atoms. The van der Waals surface area contributed by atoms with Crippen molar-refractivity contribution >= 4 is 227 Å². The predicted molar refractivity (Wildman–Crippen MR) is 618 cm³/mol. The molecule has 3 atom stereocenters. The van der Waals surface area contributed by atoms with Crippen LogP contribution in [0.1, 0.15) is 158 Å². The van der Waals surface area contributed by atoms with Gasteiger partial charge >= 0.3 is 5.97 Å². The Morgan fingerprint density at radius 2 is 0.700 bits per heavy atom. The quantitative estimate of drug-likeness (QED) is 0.0194. The molecule has 0 N–H and O–H groups in total. The van der Waals surface area contributed by atoms with Gasteiger partial charge in [0.1, 0.15) is 34.1 Å².